The van der Waals surface area contributed by atoms with Gasteiger partial charge in [0, 0.05) is 25.7 Å². The van der Waals surface area contributed by atoms with Crippen LogP contribution < -0.4 is 5.32 Å². The Hall–Kier alpha value is -1.53. The quantitative estimate of drug-likeness (QED) is 0.868. The van der Waals surface area contributed by atoms with Gasteiger partial charge < -0.3 is 15.3 Å². The first-order chi connectivity index (χ1) is 10.5. The van der Waals surface area contributed by atoms with E-state index in [1.54, 1.807) is 0 Å². The van der Waals surface area contributed by atoms with Crippen LogP contribution in [0.25, 0.3) is 0 Å². The fourth-order valence-electron chi connectivity index (χ4n) is 2.84. The van der Waals surface area contributed by atoms with Crippen molar-refractivity contribution in [1.29, 1.82) is 0 Å². The van der Waals surface area contributed by atoms with E-state index < -0.39 is 17.2 Å². The molecular weight excluding hydrogens is 290 g/mol. The predicted molar refractivity (Wildman–Crippen MR) is 77.0 cm³/mol. The molecule has 1 amide bonds. The summed E-state index contributed by atoms with van der Waals surface area (Å²) in [6, 6.07) is 4.03. The summed E-state index contributed by atoms with van der Waals surface area (Å²) in [5.41, 5.74) is -0.869. The van der Waals surface area contributed by atoms with E-state index in [9.17, 15) is 18.7 Å². The van der Waals surface area contributed by atoms with Crippen molar-refractivity contribution in [3.05, 3.63) is 35.4 Å². The molecule has 1 saturated heterocycles. The molecule has 1 aliphatic heterocycles. The molecule has 0 aromatic heterocycles. The molecule has 1 heterocycles. The zero-order chi connectivity index (χ0) is 15.7. The summed E-state index contributed by atoms with van der Waals surface area (Å²) < 4.78 is 26.2. The molecule has 2 N–H and O–H groups in total. The lowest BCUT2D eigenvalue weighted by Crippen LogP contribution is -2.57. The third-order valence-corrected chi connectivity index (χ3v) is 4.32. The van der Waals surface area contributed by atoms with Crippen LogP contribution in [0, 0.1) is 11.6 Å². The van der Waals surface area contributed by atoms with Crippen LogP contribution in [0.15, 0.2) is 18.2 Å². The smallest absolute Gasteiger partial charge is 0.256 e. The Morgan fingerprint density at radius 1 is 1.32 bits per heavy atom. The maximum Gasteiger partial charge on any atom is 0.256 e. The Kier molecular flexibility index (Phi) is 4.14. The summed E-state index contributed by atoms with van der Waals surface area (Å²) in [4.78, 5) is 14.0. The first-order valence-corrected chi connectivity index (χ1v) is 7.67. The molecule has 3 rings (SSSR count). The van der Waals surface area contributed by atoms with E-state index in [0.717, 1.165) is 25.0 Å². The van der Waals surface area contributed by atoms with Gasteiger partial charge in [0.2, 0.25) is 0 Å². The molecule has 22 heavy (non-hydrogen) atoms. The third kappa shape index (κ3) is 3.28. The van der Waals surface area contributed by atoms with Crippen molar-refractivity contribution in [3.63, 3.8) is 0 Å². The van der Waals surface area contributed by atoms with Gasteiger partial charge in [-0.2, -0.15) is 0 Å². The van der Waals surface area contributed by atoms with Crippen molar-refractivity contribution < 1.29 is 18.7 Å². The van der Waals surface area contributed by atoms with E-state index in [4.69, 9.17) is 0 Å². The maximum atomic E-state index is 13.3. The van der Waals surface area contributed by atoms with Gasteiger partial charge in [-0.25, -0.2) is 8.78 Å². The minimum atomic E-state index is -1.39. The van der Waals surface area contributed by atoms with Gasteiger partial charge in [-0.3, -0.25) is 4.79 Å². The number of piperidine rings is 1. The van der Waals surface area contributed by atoms with Crippen molar-refractivity contribution in [2.45, 2.75) is 43.9 Å². The van der Waals surface area contributed by atoms with Gasteiger partial charge in [0.1, 0.15) is 0 Å². The molecule has 1 aromatic carbocycles. The first kappa shape index (κ1) is 15.4. The van der Waals surface area contributed by atoms with Crippen LogP contribution in [-0.4, -0.2) is 40.6 Å². The lowest BCUT2D eigenvalue weighted by atomic mass is 9.91. The minimum absolute atomic E-state index is 0.182. The van der Waals surface area contributed by atoms with E-state index in [0.29, 0.717) is 31.0 Å². The van der Waals surface area contributed by atoms with Gasteiger partial charge in [-0.1, -0.05) is 6.07 Å². The van der Waals surface area contributed by atoms with Crippen LogP contribution in [0.3, 0.4) is 0 Å². The third-order valence-electron chi connectivity index (χ3n) is 4.32. The summed E-state index contributed by atoms with van der Waals surface area (Å²) in [5.74, 6) is -2.16. The molecular formula is C16H20F2N2O2. The standard InChI is InChI=1S/C16H20F2N2O2/c17-13-5-2-11(8-14(13)18)9-20-7-1-6-16(22,15(20)21)10-19-12-3-4-12/h2,5,8,12,19,22H,1,3-4,6-7,9-10H2/t16-/m0/s1. The summed E-state index contributed by atoms with van der Waals surface area (Å²) >= 11 is 0. The number of amides is 1. The van der Waals surface area contributed by atoms with Gasteiger partial charge in [-0.15, -0.1) is 0 Å². The summed E-state index contributed by atoms with van der Waals surface area (Å²) in [7, 11) is 0. The van der Waals surface area contributed by atoms with Gasteiger partial charge >= 0.3 is 0 Å². The number of hydrogen-bond donors (Lipinski definition) is 2. The molecule has 120 valence electrons. The predicted octanol–water partition coefficient (Wildman–Crippen LogP) is 1.57. The van der Waals surface area contributed by atoms with Crippen molar-refractivity contribution in [3.8, 4) is 0 Å². The Bertz CT molecular complexity index is 577. The summed E-state index contributed by atoms with van der Waals surface area (Å²) in [6.07, 6.45) is 3.30. The molecule has 2 aliphatic rings. The van der Waals surface area contributed by atoms with Gasteiger partial charge in [-0.05, 0) is 43.4 Å². The molecule has 0 spiro atoms. The van der Waals surface area contributed by atoms with E-state index >= 15 is 0 Å². The van der Waals surface area contributed by atoms with Crippen LogP contribution in [0.5, 0.6) is 0 Å². The lowest BCUT2D eigenvalue weighted by Gasteiger charge is -2.38. The number of carbonyl (C=O) groups excluding carboxylic acids is 1. The van der Waals surface area contributed by atoms with Crippen LogP contribution in [0.1, 0.15) is 31.2 Å². The number of benzene rings is 1. The summed E-state index contributed by atoms with van der Waals surface area (Å²) in [6.45, 7) is 0.954. The number of halogens is 2. The molecule has 0 unspecified atom stereocenters. The first-order valence-electron chi connectivity index (χ1n) is 7.67. The molecule has 2 fully saturated rings. The van der Waals surface area contributed by atoms with Crippen molar-refractivity contribution in [2.75, 3.05) is 13.1 Å². The SMILES string of the molecule is O=C1N(Cc2ccc(F)c(F)c2)CCC[C@]1(O)CNC1CC1. The molecule has 6 heteroatoms. The molecule has 1 atom stereocenters. The molecule has 0 radical (unpaired) electrons. The second kappa shape index (κ2) is 5.93. The number of rotatable bonds is 5. The van der Waals surface area contributed by atoms with Gasteiger partial charge in [0.15, 0.2) is 17.2 Å². The molecule has 0 bridgehead atoms. The van der Waals surface area contributed by atoms with Crippen LogP contribution in [0.2, 0.25) is 0 Å². The maximum absolute atomic E-state index is 13.3. The second-order valence-corrected chi connectivity index (χ2v) is 6.27. The van der Waals surface area contributed by atoms with E-state index in [1.165, 1.54) is 11.0 Å². The molecule has 1 saturated carbocycles. The number of likely N-dealkylation sites (tertiary alicyclic amines) is 1. The van der Waals surface area contributed by atoms with Crippen LogP contribution in [0.4, 0.5) is 8.78 Å². The second-order valence-electron chi connectivity index (χ2n) is 6.27. The highest BCUT2D eigenvalue weighted by atomic mass is 19.2. The number of nitrogens with one attached hydrogen (secondary N) is 1. The van der Waals surface area contributed by atoms with Crippen LogP contribution >= 0.6 is 0 Å². The monoisotopic (exact) mass is 310 g/mol. The highest BCUT2D eigenvalue weighted by Gasteiger charge is 2.42. The number of carbonyl (C=O) groups is 1. The Morgan fingerprint density at radius 3 is 2.77 bits per heavy atom. The highest BCUT2D eigenvalue weighted by Crippen LogP contribution is 2.26. The Balaban J connectivity index is 1.67. The van der Waals surface area contributed by atoms with Crippen molar-refractivity contribution >= 4 is 5.91 Å². The van der Waals surface area contributed by atoms with Gasteiger partial charge in [0.25, 0.3) is 5.91 Å². The van der Waals surface area contributed by atoms with Crippen molar-refractivity contribution in [2.24, 2.45) is 0 Å². The fraction of sp³-hybridized carbons (Fsp3) is 0.562. The average molecular weight is 310 g/mol. The van der Waals surface area contributed by atoms with Crippen molar-refractivity contribution in [1.82, 2.24) is 10.2 Å². The van der Waals surface area contributed by atoms with Gasteiger partial charge in [0.05, 0.1) is 0 Å². The van der Waals surface area contributed by atoms with E-state index in [2.05, 4.69) is 5.32 Å². The average Bonchev–Trinajstić information content (AvgIpc) is 3.30. The number of aliphatic hydroxyl groups is 1. The zero-order valence-electron chi connectivity index (χ0n) is 12.3. The van der Waals surface area contributed by atoms with E-state index in [-0.39, 0.29) is 19.0 Å². The normalized spacial score (nSPS) is 25.6. The highest BCUT2D eigenvalue weighted by molar-refractivity contribution is 5.86. The summed E-state index contributed by atoms with van der Waals surface area (Å²) in [5, 5.41) is 13.8. The largest absolute Gasteiger partial charge is 0.379 e. The lowest BCUT2D eigenvalue weighted by molar-refractivity contribution is -0.157. The fourth-order valence-corrected chi connectivity index (χ4v) is 2.84. The molecule has 1 aliphatic carbocycles. The van der Waals surface area contributed by atoms with E-state index in [1.807, 2.05) is 0 Å². The Morgan fingerprint density at radius 2 is 2.09 bits per heavy atom. The minimum Gasteiger partial charge on any atom is -0.379 e. The molecule has 1 aromatic rings. The Labute approximate surface area is 128 Å². The molecule has 4 nitrogen and oxygen atoms in total. The topological polar surface area (TPSA) is 52.6 Å². The number of hydrogen-bond acceptors (Lipinski definition) is 3. The van der Waals surface area contributed by atoms with Crippen LogP contribution in [-0.2, 0) is 11.3 Å². The number of nitrogens with zero attached hydrogens (tertiary/aromatic N) is 1. The zero-order valence-corrected chi connectivity index (χ0v) is 12.3.